The molecule has 9 rings (SSSR count). The van der Waals surface area contributed by atoms with E-state index in [1.807, 2.05) is 66.7 Å². The van der Waals surface area contributed by atoms with E-state index in [1.165, 1.54) is 0 Å². The van der Waals surface area contributed by atoms with E-state index in [0.29, 0.717) is 5.56 Å². The molecule has 0 aliphatic heterocycles. The average molecular weight is 608 g/mol. The SMILES string of the molecule is [2H]c1c([2H])c([2H])c2c([2H])c(-c3c4ccccc4c(-c4ccc(-c5ccc(-n6c(CC)nc7ccccc76)cc5)cc4)c4ccccc34)c([2H])c([2H])c2c1[2H]. The second kappa shape index (κ2) is 11.1. The molecule has 2 nitrogen and oxygen atoms in total. The molecule has 2 heteroatoms. The third-order valence-electron chi connectivity index (χ3n) is 9.01. The van der Waals surface area contributed by atoms with Crippen LogP contribution < -0.4 is 0 Å². The Hall–Kier alpha value is -5.99. The second-order valence-corrected chi connectivity index (χ2v) is 11.7. The van der Waals surface area contributed by atoms with Crippen molar-refractivity contribution < 1.29 is 9.60 Å². The lowest BCUT2D eigenvalue weighted by atomic mass is 9.85. The van der Waals surface area contributed by atoms with Gasteiger partial charge in [-0.25, -0.2) is 4.98 Å². The topological polar surface area (TPSA) is 17.8 Å². The van der Waals surface area contributed by atoms with Gasteiger partial charge in [0.15, 0.2) is 0 Å². The lowest BCUT2D eigenvalue weighted by molar-refractivity contribution is 0.908. The Morgan fingerprint density at radius 3 is 1.70 bits per heavy atom. The van der Waals surface area contributed by atoms with Crippen LogP contribution in [0.2, 0.25) is 0 Å². The van der Waals surface area contributed by atoms with Gasteiger partial charge < -0.3 is 0 Å². The third kappa shape index (κ3) is 4.53. The van der Waals surface area contributed by atoms with Gasteiger partial charge in [0.2, 0.25) is 0 Å². The Morgan fingerprint density at radius 2 is 1.06 bits per heavy atom. The summed E-state index contributed by atoms with van der Waals surface area (Å²) < 4.78 is 63.3. The largest absolute Gasteiger partial charge is 0.296 e. The molecular formula is C45H32N2. The first-order chi connectivity index (χ1) is 26.2. The lowest BCUT2D eigenvalue weighted by Crippen LogP contribution is -1.99. The highest BCUT2D eigenvalue weighted by Gasteiger charge is 2.17. The fourth-order valence-corrected chi connectivity index (χ4v) is 6.85. The Kier molecular flexibility index (Phi) is 4.95. The highest BCUT2D eigenvalue weighted by Crippen LogP contribution is 2.44. The molecule has 47 heavy (non-hydrogen) atoms. The summed E-state index contributed by atoms with van der Waals surface area (Å²) in [5.41, 5.74) is 8.05. The Labute approximate surface area is 284 Å². The molecule has 1 heterocycles. The van der Waals surface area contributed by atoms with Crippen LogP contribution in [0.15, 0.2) is 164 Å². The smallest absolute Gasteiger partial charge is 0.114 e. The van der Waals surface area contributed by atoms with Gasteiger partial charge >= 0.3 is 0 Å². The fourth-order valence-electron chi connectivity index (χ4n) is 6.85. The molecular weight excluding hydrogens is 569 g/mol. The number of nitrogens with zero attached hydrogens (tertiary/aromatic N) is 2. The van der Waals surface area contributed by atoms with Crippen LogP contribution in [0, 0.1) is 0 Å². The number of fused-ring (bicyclic) bond motifs is 4. The van der Waals surface area contributed by atoms with Crippen LogP contribution in [0.4, 0.5) is 0 Å². The van der Waals surface area contributed by atoms with Crippen LogP contribution in [0.1, 0.15) is 22.3 Å². The van der Waals surface area contributed by atoms with E-state index in [0.717, 1.165) is 72.8 Å². The molecule has 0 N–H and O–H groups in total. The monoisotopic (exact) mass is 607 g/mol. The van der Waals surface area contributed by atoms with Crippen LogP contribution in [-0.4, -0.2) is 9.55 Å². The third-order valence-corrected chi connectivity index (χ3v) is 9.01. The summed E-state index contributed by atoms with van der Waals surface area (Å²) >= 11 is 0. The van der Waals surface area contributed by atoms with Crippen LogP contribution in [0.5, 0.6) is 0 Å². The highest BCUT2D eigenvalue weighted by atomic mass is 15.1. The number of para-hydroxylation sites is 2. The van der Waals surface area contributed by atoms with Gasteiger partial charge in [-0.3, -0.25) is 4.57 Å². The van der Waals surface area contributed by atoms with Crippen LogP contribution in [-0.2, 0) is 6.42 Å². The molecule has 0 bridgehead atoms. The molecule has 0 radical (unpaired) electrons. The molecule has 222 valence electrons. The van der Waals surface area contributed by atoms with Crippen molar-refractivity contribution in [3.05, 3.63) is 169 Å². The van der Waals surface area contributed by atoms with E-state index in [2.05, 4.69) is 66.1 Å². The van der Waals surface area contributed by atoms with Gasteiger partial charge in [-0.2, -0.15) is 0 Å². The summed E-state index contributed by atoms with van der Waals surface area (Å²) in [6.07, 6.45) is 0.823. The number of imidazole rings is 1. The van der Waals surface area contributed by atoms with Gasteiger partial charge in [-0.1, -0.05) is 140 Å². The Balaban J connectivity index is 1.20. The molecule has 0 saturated heterocycles. The number of hydrogen-bond acceptors (Lipinski definition) is 1. The van der Waals surface area contributed by atoms with Crippen molar-refractivity contribution in [3.63, 3.8) is 0 Å². The van der Waals surface area contributed by atoms with E-state index in [-0.39, 0.29) is 40.5 Å². The lowest BCUT2D eigenvalue weighted by Gasteiger charge is -2.18. The zero-order valence-electron chi connectivity index (χ0n) is 32.6. The highest BCUT2D eigenvalue weighted by molar-refractivity contribution is 6.21. The minimum absolute atomic E-state index is 0.0537. The minimum atomic E-state index is -0.482. The van der Waals surface area contributed by atoms with Crippen molar-refractivity contribution in [1.29, 1.82) is 0 Å². The van der Waals surface area contributed by atoms with E-state index in [1.54, 1.807) is 0 Å². The predicted octanol–water partition coefficient (Wildman–Crippen LogP) is 12.0. The van der Waals surface area contributed by atoms with E-state index < -0.39 is 18.1 Å². The van der Waals surface area contributed by atoms with Gasteiger partial charge in [0.05, 0.1) is 20.6 Å². The number of aromatic nitrogens is 2. The minimum Gasteiger partial charge on any atom is -0.296 e. The molecule has 1 aromatic heterocycles. The molecule has 8 aromatic carbocycles. The molecule has 0 atom stereocenters. The van der Waals surface area contributed by atoms with Crippen molar-refractivity contribution in [2.45, 2.75) is 13.3 Å². The normalized spacial score (nSPS) is 13.7. The summed E-state index contributed by atoms with van der Waals surface area (Å²) in [4.78, 5) is 4.84. The average Bonchev–Trinajstić information content (AvgIpc) is 3.59. The predicted molar refractivity (Wildman–Crippen MR) is 199 cm³/mol. The summed E-state index contributed by atoms with van der Waals surface area (Å²) in [5.74, 6) is 1.02. The first kappa shape index (κ1) is 20.9. The van der Waals surface area contributed by atoms with E-state index in [9.17, 15) is 1.37 Å². The van der Waals surface area contributed by atoms with Crippen molar-refractivity contribution >= 4 is 43.4 Å². The Bertz CT molecular complexity index is 2930. The van der Waals surface area contributed by atoms with Crippen molar-refractivity contribution in [1.82, 2.24) is 9.55 Å². The summed E-state index contributed by atoms with van der Waals surface area (Å²) in [5, 5.41) is 3.21. The van der Waals surface area contributed by atoms with Gasteiger partial charge in [-0.15, -0.1) is 0 Å². The molecule has 0 aliphatic rings. The molecule has 9 aromatic rings. The Morgan fingerprint density at radius 1 is 0.532 bits per heavy atom. The van der Waals surface area contributed by atoms with Crippen molar-refractivity contribution in [3.8, 4) is 39.1 Å². The van der Waals surface area contributed by atoms with Gasteiger partial charge in [0.25, 0.3) is 0 Å². The van der Waals surface area contributed by atoms with E-state index in [4.69, 9.17) is 13.2 Å². The number of hydrogen-bond donors (Lipinski definition) is 0. The van der Waals surface area contributed by atoms with Crippen LogP contribution in [0.3, 0.4) is 0 Å². The van der Waals surface area contributed by atoms with Gasteiger partial charge in [0, 0.05) is 12.1 Å². The zero-order chi connectivity index (χ0) is 37.4. The quantitative estimate of drug-likeness (QED) is 0.178. The molecule has 0 unspecified atom stereocenters. The summed E-state index contributed by atoms with van der Waals surface area (Å²) in [6.45, 7) is 2.12. The number of benzene rings is 8. The maximum absolute atomic E-state index is 9.35. The molecule has 0 saturated carbocycles. The van der Waals surface area contributed by atoms with Crippen LogP contribution >= 0.6 is 0 Å². The first-order valence-corrected chi connectivity index (χ1v) is 15.8. The molecule has 0 spiro atoms. The molecule has 0 amide bonds. The molecule has 0 fully saturated rings. The summed E-state index contributed by atoms with van der Waals surface area (Å²) in [6, 6.07) is 38.4. The van der Waals surface area contributed by atoms with Crippen molar-refractivity contribution in [2.24, 2.45) is 0 Å². The van der Waals surface area contributed by atoms with Crippen molar-refractivity contribution in [2.75, 3.05) is 0 Å². The second-order valence-electron chi connectivity index (χ2n) is 11.7. The van der Waals surface area contributed by atoms with E-state index >= 15 is 0 Å². The summed E-state index contributed by atoms with van der Waals surface area (Å²) in [7, 11) is 0. The number of rotatable bonds is 5. The fraction of sp³-hybridized carbons (Fsp3) is 0.0444. The maximum atomic E-state index is 9.35. The first-order valence-electron chi connectivity index (χ1n) is 19.3. The number of aryl methyl sites for hydroxylation is 1. The molecule has 0 aliphatic carbocycles. The van der Waals surface area contributed by atoms with Gasteiger partial charge in [0.1, 0.15) is 5.82 Å². The zero-order valence-corrected chi connectivity index (χ0v) is 25.6. The van der Waals surface area contributed by atoms with Gasteiger partial charge in [-0.05, 0) is 96.0 Å². The standard InChI is InChI=1S/C45H32N2/c1-2-43-46-41-17-9-10-18-42(41)47(43)36-27-25-32(26-28-36)31-19-22-33(23-20-31)44-37-13-5-7-15-39(37)45(40-16-8-6-14-38(40)44)35-24-21-30-11-3-4-12-34(30)29-35/h3-29H,2H2,1H3/i3D,4D,11D,12D,21D,24D,29D. The maximum Gasteiger partial charge on any atom is 0.114 e. The van der Waals surface area contributed by atoms with Crippen LogP contribution in [0.25, 0.3) is 82.4 Å².